The molecule has 6 nitrogen and oxygen atoms in total. The molecule has 1 fully saturated rings. The van der Waals surface area contributed by atoms with E-state index in [0.29, 0.717) is 12.3 Å². The molecular weight excluding hydrogens is 317 g/mol. The zero-order valence-electron chi connectivity index (χ0n) is 14.5. The van der Waals surface area contributed by atoms with Gasteiger partial charge in [0.1, 0.15) is 12.0 Å². The number of benzene rings is 1. The maximum absolute atomic E-state index is 12.3. The van der Waals surface area contributed by atoms with Gasteiger partial charge >= 0.3 is 0 Å². The van der Waals surface area contributed by atoms with E-state index >= 15 is 0 Å². The van der Waals surface area contributed by atoms with Crippen LogP contribution in [-0.2, 0) is 11.3 Å². The van der Waals surface area contributed by atoms with E-state index in [2.05, 4.69) is 4.98 Å². The van der Waals surface area contributed by atoms with Crippen LogP contribution in [0, 0.1) is 5.41 Å². The van der Waals surface area contributed by atoms with Crippen molar-refractivity contribution in [3.05, 3.63) is 34.7 Å². The highest BCUT2D eigenvalue weighted by molar-refractivity contribution is 6.04. The molecule has 0 atom stereocenters. The van der Waals surface area contributed by atoms with Crippen LogP contribution in [0.15, 0.2) is 29.2 Å². The summed E-state index contributed by atoms with van der Waals surface area (Å²) >= 11 is 0. The fraction of sp³-hybridized carbons (Fsp3) is 0.500. The first kappa shape index (κ1) is 17.7. The lowest BCUT2D eigenvalue weighted by Gasteiger charge is -2.37. The average molecular weight is 339 g/mol. The second kappa shape index (κ2) is 7.39. The highest BCUT2D eigenvalue weighted by atomic mass is 16.5. The van der Waals surface area contributed by atoms with Gasteiger partial charge in [-0.15, -0.1) is 0 Å². The quantitative estimate of drug-likeness (QED) is 0.590. The summed E-state index contributed by atoms with van der Waals surface area (Å²) in [5, 5.41) is 0. The van der Waals surface area contributed by atoms with Crippen molar-refractivity contribution < 1.29 is 9.53 Å². The predicted molar refractivity (Wildman–Crippen MR) is 96.8 cm³/mol. The molecule has 2 aromatic rings. The van der Waals surface area contributed by atoms with Crippen LogP contribution in [0.2, 0.25) is 0 Å². The molecule has 130 valence electrons. The largest absolute Gasteiger partial charge is 0.497 e. The number of hydrogen-bond acceptors (Lipinski definition) is 5. The summed E-state index contributed by atoms with van der Waals surface area (Å²) in [5.74, 6) is 0.688. The molecule has 0 saturated carbocycles. The first-order chi connectivity index (χ1) is 12.1. The fourth-order valence-corrected chi connectivity index (χ4v) is 3.48. The number of nitrogens with zero attached hydrogens (tertiary/aromatic N) is 3. The molecule has 1 aromatic heterocycles. The predicted octanol–water partition coefficient (Wildman–Crippen LogP) is 1.55. The monoisotopic (exact) mass is 339 g/mol. The molecule has 25 heavy (non-hydrogen) atoms. The summed E-state index contributed by atoms with van der Waals surface area (Å²) in [4.78, 5) is 29.9. The number of rotatable bonds is 6. The van der Waals surface area contributed by atoms with Crippen molar-refractivity contribution in [1.29, 1.82) is 0 Å². The number of hydrogen-bond donors (Lipinski definition) is 0. The maximum atomic E-state index is 12.3. The highest BCUT2D eigenvalue weighted by Gasteiger charge is 2.32. The molecule has 0 aliphatic carbocycles. The summed E-state index contributed by atoms with van der Waals surface area (Å²) < 4.78 is 6.96. The lowest BCUT2D eigenvalue weighted by molar-refractivity contribution is -0.118. The van der Waals surface area contributed by atoms with Gasteiger partial charge in [-0.25, -0.2) is 4.98 Å². The van der Waals surface area contributed by atoms with E-state index in [9.17, 15) is 9.59 Å². The summed E-state index contributed by atoms with van der Waals surface area (Å²) in [5.41, 5.74) is 1.04. The first-order valence-electron chi connectivity index (χ1n) is 8.56. The van der Waals surface area contributed by atoms with Crippen LogP contribution < -0.4 is 10.3 Å². The Morgan fingerprint density at radius 2 is 2.12 bits per heavy atom. The Bertz CT molecular complexity index is 813. The molecule has 0 bridgehead atoms. The van der Waals surface area contributed by atoms with Crippen molar-refractivity contribution in [2.24, 2.45) is 5.41 Å². The minimum Gasteiger partial charge on any atom is -0.497 e. The average Bonchev–Trinajstić information content (AvgIpc) is 2.65. The molecule has 1 aliphatic heterocycles. The Hall–Kier alpha value is -2.15. The van der Waals surface area contributed by atoms with Crippen LogP contribution in [0.5, 0.6) is 5.75 Å². The fourth-order valence-electron chi connectivity index (χ4n) is 3.48. The van der Waals surface area contributed by atoms with Crippen molar-refractivity contribution in [3.63, 3.8) is 0 Å². The van der Waals surface area contributed by atoms with Crippen LogP contribution in [-0.4, -0.2) is 48.8 Å². The third-order valence-electron chi connectivity index (χ3n) is 5.15. The van der Waals surface area contributed by atoms with Gasteiger partial charge in [-0.2, -0.15) is 0 Å². The van der Waals surface area contributed by atoms with Gasteiger partial charge in [0.15, 0.2) is 7.98 Å². The zero-order chi connectivity index (χ0) is 17.9. The van der Waals surface area contributed by atoms with E-state index in [1.165, 1.54) is 6.20 Å². The molecule has 0 spiro atoms. The van der Waals surface area contributed by atoms with Crippen molar-refractivity contribution in [2.45, 2.75) is 32.2 Å². The molecule has 2 heterocycles. The third-order valence-corrected chi connectivity index (χ3v) is 5.15. The standard InChI is InChI=1S/C18H22BN3O3/c1-25-14-3-4-15-16(11-14)22(17(24)12-20-15)8-2-5-18(13-23)6-9-21(19)10-7-18/h3-4,11-13H,2,5-10H2,1H3. The minimum atomic E-state index is -0.319. The van der Waals surface area contributed by atoms with E-state index in [0.717, 1.165) is 56.1 Å². The van der Waals surface area contributed by atoms with Crippen LogP contribution in [0.25, 0.3) is 11.0 Å². The van der Waals surface area contributed by atoms with Gasteiger partial charge in [0.25, 0.3) is 5.56 Å². The Morgan fingerprint density at radius 3 is 2.80 bits per heavy atom. The van der Waals surface area contributed by atoms with Crippen molar-refractivity contribution in [1.82, 2.24) is 14.4 Å². The minimum absolute atomic E-state index is 0.141. The Balaban J connectivity index is 1.77. The van der Waals surface area contributed by atoms with Gasteiger partial charge in [-0.1, -0.05) is 0 Å². The van der Waals surface area contributed by atoms with E-state index in [1.54, 1.807) is 16.5 Å². The normalized spacial score (nSPS) is 17.5. The SMILES string of the molecule is [B]N1CCC(C=O)(CCCn2c(=O)cnc3ccc(OC)cc32)CC1. The molecule has 3 rings (SSSR count). The number of aromatic nitrogens is 2. The lowest BCUT2D eigenvalue weighted by Crippen LogP contribution is -2.39. The Labute approximate surface area is 148 Å². The van der Waals surface area contributed by atoms with Crippen LogP contribution >= 0.6 is 0 Å². The molecule has 0 N–H and O–H groups in total. The Kier molecular flexibility index (Phi) is 5.23. The van der Waals surface area contributed by atoms with Crippen molar-refractivity contribution in [2.75, 3.05) is 20.2 Å². The highest BCUT2D eigenvalue weighted by Crippen LogP contribution is 2.33. The molecular formula is C18H22BN3O3. The number of methoxy groups -OCH3 is 1. The van der Waals surface area contributed by atoms with Crippen LogP contribution in [0.4, 0.5) is 0 Å². The van der Waals surface area contributed by atoms with Crippen molar-refractivity contribution in [3.8, 4) is 5.75 Å². The van der Waals surface area contributed by atoms with Gasteiger partial charge < -0.3 is 18.9 Å². The van der Waals surface area contributed by atoms with Crippen LogP contribution in [0.1, 0.15) is 25.7 Å². The number of aryl methyl sites for hydroxylation is 1. The summed E-state index contributed by atoms with van der Waals surface area (Å²) in [6.07, 6.45) is 5.47. The number of carbonyl (C=O) groups is 1. The topological polar surface area (TPSA) is 64.4 Å². The number of carbonyl (C=O) groups excluding carboxylic acids is 1. The second-order valence-corrected chi connectivity index (χ2v) is 6.72. The van der Waals surface area contributed by atoms with Gasteiger partial charge in [0, 0.05) is 18.0 Å². The molecule has 1 saturated heterocycles. The third kappa shape index (κ3) is 3.76. The summed E-state index contributed by atoms with van der Waals surface area (Å²) in [6.45, 7) is 2.01. The van der Waals surface area contributed by atoms with Gasteiger partial charge in [0.05, 0.1) is 24.3 Å². The molecule has 0 amide bonds. The number of piperidine rings is 1. The molecule has 2 radical (unpaired) electrons. The molecule has 1 aliphatic rings. The van der Waals surface area contributed by atoms with E-state index in [4.69, 9.17) is 12.7 Å². The summed E-state index contributed by atoms with van der Waals surface area (Å²) in [7, 11) is 7.39. The molecule has 1 aromatic carbocycles. The summed E-state index contributed by atoms with van der Waals surface area (Å²) in [6, 6.07) is 5.49. The number of ether oxygens (including phenoxy) is 1. The van der Waals surface area contributed by atoms with E-state index in [1.807, 2.05) is 18.2 Å². The second-order valence-electron chi connectivity index (χ2n) is 6.72. The first-order valence-corrected chi connectivity index (χ1v) is 8.56. The molecule has 7 heteroatoms. The van der Waals surface area contributed by atoms with Gasteiger partial charge in [-0.3, -0.25) is 4.79 Å². The number of aldehydes is 1. The molecule has 0 unspecified atom stereocenters. The Morgan fingerprint density at radius 1 is 1.36 bits per heavy atom. The smallest absolute Gasteiger partial charge is 0.269 e. The van der Waals surface area contributed by atoms with E-state index < -0.39 is 0 Å². The van der Waals surface area contributed by atoms with Crippen molar-refractivity contribution >= 4 is 25.3 Å². The zero-order valence-corrected chi connectivity index (χ0v) is 14.5. The number of fused-ring (bicyclic) bond motifs is 1. The lowest BCUT2D eigenvalue weighted by atomic mass is 9.75. The van der Waals surface area contributed by atoms with Gasteiger partial charge in [-0.05, 0) is 50.9 Å². The van der Waals surface area contributed by atoms with E-state index in [-0.39, 0.29) is 11.0 Å². The van der Waals surface area contributed by atoms with Gasteiger partial charge in [0.2, 0.25) is 0 Å². The van der Waals surface area contributed by atoms with Crippen LogP contribution in [0.3, 0.4) is 0 Å². The maximum Gasteiger partial charge on any atom is 0.269 e.